The number of primary amides is 3. The van der Waals surface area contributed by atoms with E-state index in [-0.39, 0.29) is 44.4 Å². The summed E-state index contributed by atoms with van der Waals surface area (Å²) in [7, 11) is 0. The number of nitrogens with one attached hydrogen (secondary N) is 7. The molecule has 53 heavy (non-hydrogen) atoms. The zero-order valence-corrected chi connectivity index (χ0v) is 28.5. The number of aliphatic carboxylic acids is 1. The number of carboxylic acids is 1. The van der Waals surface area contributed by atoms with Gasteiger partial charge in [0.05, 0.1) is 19.4 Å². The third-order valence-electron chi connectivity index (χ3n) is 7.20. The number of nitrogens with two attached hydrogens (primary N) is 5. The largest absolute Gasteiger partial charge is 0.508 e. The minimum absolute atomic E-state index is 0.0314. The van der Waals surface area contributed by atoms with E-state index in [0.717, 1.165) is 0 Å². The molecule has 0 saturated heterocycles. The van der Waals surface area contributed by atoms with Crippen LogP contribution < -0.4 is 60.6 Å². The lowest BCUT2D eigenvalue weighted by molar-refractivity contribution is -0.142. The summed E-state index contributed by atoms with van der Waals surface area (Å²) in [5.41, 5.74) is 26.5. The van der Waals surface area contributed by atoms with E-state index in [1.807, 2.05) is 0 Å². The molecular formula is C30H46N12O11. The van der Waals surface area contributed by atoms with Gasteiger partial charge in [0.25, 0.3) is 0 Å². The molecule has 19 N–H and O–H groups in total. The molecule has 0 fully saturated rings. The van der Waals surface area contributed by atoms with Gasteiger partial charge in [0.15, 0.2) is 5.96 Å². The Bertz CT molecular complexity index is 1520. The van der Waals surface area contributed by atoms with Crippen molar-refractivity contribution in [2.24, 2.45) is 28.7 Å². The van der Waals surface area contributed by atoms with Crippen LogP contribution in [0.5, 0.6) is 5.75 Å². The van der Waals surface area contributed by atoms with E-state index in [1.165, 1.54) is 24.3 Å². The van der Waals surface area contributed by atoms with Crippen molar-refractivity contribution in [3.8, 4) is 5.75 Å². The van der Waals surface area contributed by atoms with Gasteiger partial charge in [0.2, 0.25) is 47.3 Å². The number of phenolic OH excluding ortho intramolecular Hbond substituents is 1. The van der Waals surface area contributed by atoms with Crippen molar-refractivity contribution in [2.75, 3.05) is 13.1 Å². The Morgan fingerprint density at radius 1 is 0.642 bits per heavy atom. The normalized spacial score (nSPS) is 13.4. The van der Waals surface area contributed by atoms with Crippen LogP contribution in [-0.4, -0.2) is 113 Å². The van der Waals surface area contributed by atoms with Crippen molar-refractivity contribution in [1.82, 2.24) is 31.9 Å². The van der Waals surface area contributed by atoms with Crippen molar-refractivity contribution in [3.05, 3.63) is 29.8 Å². The quantitative estimate of drug-likeness (QED) is 0.0266. The van der Waals surface area contributed by atoms with Crippen LogP contribution in [0.2, 0.25) is 0 Å². The fraction of sp³-hybridized carbons (Fsp3) is 0.467. The average Bonchev–Trinajstić information content (AvgIpc) is 3.06. The molecule has 0 unspecified atom stereocenters. The Balaban J connectivity index is 3.43. The highest BCUT2D eigenvalue weighted by Gasteiger charge is 2.33. The standard InChI is InChI=1S/C30H46N12O11/c31-13-24(47)38-19(11-22(33)45)27(50)42-20(12-23(34)46)28(51)39-16(2-1-9-37-30(35)36)25(48)41-18(10-14-3-5-15(43)6-4-14)26(49)40-17(29(52)53)7-8-21(32)44/h3-6,16-20,43H,1-2,7-13,31H2,(H2,32,44)(H2,33,45)(H2,34,46)(H,38,47)(H,39,51)(H,40,49)(H,41,48)(H,42,50)(H,52,53)(H4,35,36,37)/t16-,17-,18-,19-,20-/m0/s1. The average molecular weight is 751 g/mol. The molecule has 0 aromatic heterocycles. The Morgan fingerprint density at radius 2 is 1.11 bits per heavy atom. The smallest absolute Gasteiger partial charge is 0.326 e. The van der Waals surface area contributed by atoms with Gasteiger partial charge in [-0.25, -0.2) is 4.79 Å². The predicted octanol–water partition coefficient (Wildman–Crippen LogP) is -6.32. The van der Waals surface area contributed by atoms with Crippen molar-refractivity contribution in [2.45, 2.75) is 75.2 Å². The zero-order valence-electron chi connectivity index (χ0n) is 28.5. The number of amides is 8. The van der Waals surface area contributed by atoms with Crippen LogP contribution in [0, 0.1) is 5.41 Å². The minimum atomic E-state index is -1.77. The van der Waals surface area contributed by atoms with Crippen LogP contribution in [0.3, 0.4) is 0 Å². The maximum Gasteiger partial charge on any atom is 0.326 e. The summed E-state index contributed by atoms with van der Waals surface area (Å²) in [4.78, 5) is 112. The molecule has 0 heterocycles. The second kappa shape index (κ2) is 22.3. The first-order chi connectivity index (χ1) is 24.8. The van der Waals surface area contributed by atoms with Gasteiger partial charge >= 0.3 is 5.97 Å². The topological polar surface area (TPSA) is 420 Å². The van der Waals surface area contributed by atoms with Crippen LogP contribution in [0.25, 0.3) is 0 Å². The summed E-state index contributed by atoms with van der Waals surface area (Å²) in [5, 5.41) is 40.5. The second-order valence-corrected chi connectivity index (χ2v) is 11.6. The lowest BCUT2D eigenvalue weighted by atomic mass is 10.0. The van der Waals surface area contributed by atoms with Crippen LogP contribution in [0.4, 0.5) is 0 Å². The van der Waals surface area contributed by atoms with Gasteiger partial charge in [-0.2, -0.15) is 0 Å². The molecule has 0 saturated carbocycles. The van der Waals surface area contributed by atoms with Gasteiger partial charge < -0.3 is 70.8 Å². The summed E-state index contributed by atoms with van der Waals surface area (Å²) in [6.07, 6.45) is -2.69. The molecule has 8 amide bonds. The molecule has 1 aromatic carbocycles. The number of hydrogen-bond acceptors (Lipinski definition) is 12. The molecule has 292 valence electrons. The molecule has 0 radical (unpaired) electrons. The fourth-order valence-electron chi connectivity index (χ4n) is 4.58. The summed E-state index contributed by atoms with van der Waals surface area (Å²) < 4.78 is 0. The van der Waals surface area contributed by atoms with Crippen molar-refractivity contribution in [3.63, 3.8) is 0 Å². The van der Waals surface area contributed by atoms with Crippen LogP contribution in [0.15, 0.2) is 24.3 Å². The number of carbonyl (C=O) groups excluding carboxylic acids is 8. The first kappa shape index (κ1) is 44.5. The Hall–Kier alpha value is -6.52. The highest BCUT2D eigenvalue weighted by atomic mass is 16.4. The molecule has 0 aliphatic carbocycles. The number of rotatable bonds is 24. The van der Waals surface area contributed by atoms with Gasteiger partial charge in [0.1, 0.15) is 36.0 Å². The third kappa shape index (κ3) is 17.8. The number of phenols is 1. The molecule has 1 rings (SSSR count). The number of carbonyl (C=O) groups is 9. The molecule has 5 atom stereocenters. The van der Waals surface area contributed by atoms with Gasteiger partial charge in [-0.1, -0.05) is 12.1 Å². The number of aromatic hydroxyl groups is 1. The zero-order chi connectivity index (χ0) is 40.2. The van der Waals surface area contributed by atoms with E-state index in [4.69, 9.17) is 34.1 Å². The molecular weight excluding hydrogens is 704 g/mol. The van der Waals surface area contributed by atoms with Crippen LogP contribution in [0.1, 0.15) is 44.1 Å². The Labute approximate surface area is 302 Å². The molecule has 0 aliphatic rings. The highest BCUT2D eigenvalue weighted by molar-refractivity contribution is 5.98. The van der Waals surface area contributed by atoms with Crippen LogP contribution in [-0.2, 0) is 49.6 Å². The summed E-state index contributed by atoms with van der Waals surface area (Å²) in [6, 6.07) is -2.56. The second-order valence-electron chi connectivity index (χ2n) is 11.6. The molecule has 1 aromatic rings. The van der Waals surface area contributed by atoms with Gasteiger partial charge in [-0.15, -0.1) is 0 Å². The lowest BCUT2D eigenvalue weighted by Gasteiger charge is -2.27. The Morgan fingerprint density at radius 3 is 1.60 bits per heavy atom. The number of benzene rings is 1. The maximum absolute atomic E-state index is 13.8. The molecule has 23 heteroatoms. The number of guanidine groups is 1. The molecule has 0 aliphatic heterocycles. The minimum Gasteiger partial charge on any atom is -0.508 e. The van der Waals surface area contributed by atoms with E-state index >= 15 is 0 Å². The van der Waals surface area contributed by atoms with Gasteiger partial charge in [-0.05, 0) is 37.0 Å². The van der Waals surface area contributed by atoms with Gasteiger partial charge in [0, 0.05) is 19.4 Å². The van der Waals surface area contributed by atoms with Gasteiger partial charge in [-0.3, -0.25) is 43.8 Å². The third-order valence-corrected chi connectivity index (χ3v) is 7.20. The summed E-state index contributed by atoms with van der Waals surface area (Å²) in [5.74, 6) is -10.1. The molecule has 0 bridgehead atoms. The van der Waals surface area contributed by atoms with E-state index in [9.17, 15) is 53.4 Å². The Kier molecular flexibility index (Phi) is 18.7. The summed E-state index contributed by atoms with van der Waals surface area (Å²) >= 11 is 0. The molecule has 0 spiro atoms. The predicted molar refractivity (Wildman–Crippen MR) is 183 cm³/mol. The van der Waals surface area contributed by atoms with E-state index < -0.39 is 109 Å². The lowest BCUT2D eigenvalue weighted by Crippen LogP contribution is -2.60. The molecule has 23 nitrogen and oxygen atoms in total. The maximum atomic E-state index is 13.8. The monoisotopic (exact) mass is 750 g/mol. The highest BCUT2D eigenvalue weighted by Crippen LogP contribution is 2.13. The van der Waals surface area contributed by atoms with Crippen molar-refractivity contribution in [1.29, 1.82) is 5.41 Å². The van der Waals surface area contributed by atoms with E-state index in [1.54, 1.807) is 0 Å². The number of hydrogen-bond donors (Lipinski definition) is 14. The number of carboxylic acid groups (broad SMARTS) is 1. The fourth-order valence-corrected chi connectivity index (χ4v) is 4.58. The van der Waals surface area contributed by atoms with Crippen molar-refractivity contribution < 1.29 is 53.4 Å². The SMILES string of the molecule is N=C(N)NCCC[C@H](NC(=O)[C@H](CC(N)=O)NC(=O)[C@H](CC(N)=O)NC(=O)CN)C(=O)N[C@@H](Cc1ccc(O)cc1)C(=O)N[C@@H](CCC(N)=O)C(=O)O. The summed E-state index contributed by atoms with van der Waals surface area (Å²) in [6.45, 7) is -0.539. The van der Waals surface area contributed by atoms with E-state index in [0.29, 0.717) is 5.56 Å². The van der Waals surface area contributed by atoms with E-state index in [2.05, 4.69) is 31.9 Å². The van der Waals surface area contributed by atoms with Crippen molar-refractivity contribution >= 4 is 59.2 Å². The first-order valence-electron chi connectivity index (χ1n) is 16.0. The van der Waals surface area contributed by atoms with Crippen LogP contribution >= 0.6 is 0 Å². The first-order valence-corrected chi connectivity index (χ1v) is 16.0.